The molecule has 0 radical (unpaired) electrons. The summed E-state index contributed by atoms with van der Waals surface area (Å²) in [5.74, 6) is -0.270. The number of hydrogen-bond donors (Lipinski definition) is 2. The van der Waals surface area contributed by atoms with Crippen LogP contribution in [-0.4, -0.2) is 77.5 Å². The normalized spacial score (nSPS) is 26.3. The second-order valence-electron chi connectivity index (χ2n) is 4.98. The molecule has 1 unspecified atom stereocenters. The highest BCUT2D eigenvalue weighted by atomic mass is 16.2. The summed E-state index contributed by atoms with van der Waals surface area (Å²) in [5.41, 5.74) is 0. The van der Waals surface area contributed by atoms with Gasteiger partial charge in [0.1, 0.15) is 0 Å². The zero-order valence-electron chi connectivity index (χ0n) is 10.8. The fraction of sp³-hybridized carbons (Fsp3) is 0.636. The summed E-state index contributed by atoms with van der Waals surface area (Å²) in [4.78, 5) is 50.6. The zero-order valence-corrected chi connectivity index (χ0v) is 10.8. The molecule has 1 atom stereocenters. The molecule has 9 heteroatoms. The lowest BCUT2D eigenvalue weighted by atomic mass is 10.2. The highest BCUT2D eigenvalue weighted by Gasteiger charge is 2.41. The average Bonchev–Trinajstić information content (AvgIpc) is 3.10. The van der Waals surface area contributed by atoms with Gasteiger partial charge in [0, 0.05) is 26.2 Å². The molecular formula is C11H15N5O4. The lowest BCUT2D eigenvalue weighted by Gasteiger charge is -2.24. The molecule has 0 spiro atoms. The molecule has 3 saturated heterocycles. The molecule has 108 valence electrons. The van der Waals surface area contributed by atoms with Crippen molar-refractivity contribution in [2.45, 2.75) is 12.5 Å². The Kier molecular flexibility index (Phi) is 2.96. The predicted octanol–water partition coefficient (Wildman–Crippen LogP) is -1.24. The minimum Gasteiger partial charge on any atom is -0.336 e. The molecule has 0 aromatic carbocycles. The van der Waals surface area contributed by atoms with Crippen molar-refractivity contribution in [3.05, 3.63) is 0 Å². The molecule has 7 amide bonds. The maximum Gasteiger partial charge on any atom is 0.328 e. The Bertz CT molecular complexity index is 477. The van der Waals surface area contributed by atoms with Gasteiger partial charge in [-0.1, -0.05) is 0 Å². The molecule has 9 nitrogen and oxygen atoms in total. The van der Waals surface area contributed by atoms with Crippen LogP contribution in [0.1, 0.15) is 6.42 Å². The van der Waals surface area contributed by atoms with Crippen LogP contribution >= 0.6 is 0 Å². The first-order chi connectivity index (χ1) is 9.58. The summed E-state index contributed by atoms with van der Waals surface area (Å²) in [6, 6.07) is -1.48. The summed E-state index contributed by atoms with van der Waals surface area (Å²) >= 11 is 0. The minimum absolute atomic E-state index is 0.0117. The molecule has 20 heavy (non-hydrogen) atoms. The van der Waals surface area contributed by atoms with E-state index in [1.165, 1.54) is 9.80 Å². The van der Waals surface area contributed by atoms with Gasteiger partial charge in [0.05, 0.1) is 12.6 Å². The van der Waals surface area contributed by atoms with Crippen molar-refractivity contribution in [3.63, 3.8) is 0 Å². The fourth-order valence-corrected chi connectivity index (χ4v) is 2.76. The van der Waals surface area contributed by atoms with Gasteiger partial charge < -0.3 is 15.5 Å². The molecule has 0 aromatic rings. The van der Waals surface area contributed by atoms with E-state index in [1.807, 2.05) is 0 Å². The van der Waals surface area contributed by atoms with Crippen LogP contribution in [0.4, 0.5) is 14.4 Å². The molecule has 3 aliphatic rings. The molecule has 0 aromatic heterocycles. The van der Waals surface area contributed by atoms with Gasteiger partial charge in [-0.2, -0.15) is 0 Å². The van der Waals surface area contributed by atoms with Crippen LogP contribution in [0.15, 0.2) is 0 Å². The molecular weight excluding hydrogens is 266 g/mol. The quantitative estimate of drug-likeness (QED) is 0.587. The van der Waals surface area contributed by atoms with Gasteiger partial charge in [0.25, 0.3) is 0 Å². The van der Waals surface area contributed by atoms with Crippen molar-refractivity contribution in [2.24, 2.45) is 0 Å². The maximum absolute atomic E-state index is 12.2. The summed E-state index contributed by atoms with van der Waals surface area (Å²) in [7, 11) is 0. The number of nitrogens with one attached hydrogen (secondary N) is 2. The molecule has 2 N–H and O–H groups in total. The Morgan fingerprint density at radius 1 is 1.10 bits per heavy atom. The number of carbonyl (C=O) groups is 4. The standard InChI is InChI=1S/C11H15N5O4/c17-8-5-13-10(19)16(8)7-1-3-14(6-7)11(20)15-4-2-12-9(15)18/h7H,1-6H2,(H,12,18)(H,13,19). The first-order valence-corrected chi connectivity index (χ1v) is 6.52. The van der Waals surface area contributed by atoms with E-state index in [4.69, 9.17) is 0 Å². The largest absolute Gasteiger partial charge is 0.336 e. The van der Waals surface area contributed by atoms with Crippen molar-refractivity contribution in [3.8, 4) is 0 Å². The van der Waals surface area contributed by atoms with Crippen LogP contribution in [0.3, 0.4) is 0 Å². The van der Waals surface area contributed by atoms with E-state index in [1.54, 1.807) is 0 Å². The summed E-state index contributed by atoms with van der Waals surface area (Å²) in [6.45, 7) is 1.53. The van der Waals surface area contributed by atoms with Crippen molar-refractivity contribution in [2.75, 3.05) is 32.7 Å². The molecule has 3 fully saturated rings. The van der Waals surface area contributed by atoms with Crippen molar-refractivity contribution in [1.82, 2.24) is 25.3 Å². The van der Waals surface area contributed by atoms with Crippen LogP contribution in [0.5, 0.6) is 0 Å². The topological polar surface area (TPSA) is 102 Å². The predicted molar refractivity (Wildman–Crippen MR) is 65.7 cm³/mol. The lowest BCUT2D eigenvalue weighted by molar-refractivity contribution is -0.126. The van der Waals surface area contributed by atoms with E-state index in [-0.39, 0.29) is 31.1 Å². The molecule has 0 aliphatic carbocycles. The third-order valence-corrected chi connectivity index (χ3v) is 3.77. The monoisotopic (exact) mass is 281 g/mol. The van der Waals surface area contributed by atoms with E-state index in [9.17, 15) is 19.2 Å². The van der Waals surface area contributed by atoms with Crippen molar-refractivity contribution in [1.29, 1.82) is 0 Å². The highest BCUT2D eigenvalue weighted by molar-refractivity contribution is 6.02. The number of amides is 7. The van der Waals surface area contributed by atoms with Gasteiger partial charge in [0.2, 0.25) is 5.91 Å². The van der Waals surface area contributed by atoms with Crippen LogP contribution in [-0.2, 0) is 4.79 Å². The zero-order chi connectivity index (χ0) is 14.3. The number of rotatable bonds is 1. The number of urea groups is 3. The van der Waals surface area contributed by atoms with Gasteiger partial charge in [-0.25, -0.2) is 19.3 Å². The number of carbonyl (C=O) groups excluding carboxylic acids is 4. The third kappa shape index (κ3) is 1.95. The smallest absolute Gasteiger partial charge is 0.328 e. The second-order valence-corrected chi connectivity index (χ2v) is 4.98. The first-order valence-electron chi connectivity index (χ1n) is 6.52. The maximum atomic E-state index is 12.2. The van der Waals surface area contributed by atoms with Gasteiger partial charge in [-0.05, 0) is 6.42 Å². The molecule has 3 rings (SSSR count). The van der Waals surface area contributed by atoms with E-state index in [0.29, 0.717) is 26.1 Å². The fourth-order valence-electron chi connectivity index (χ4n) is 2.76. The molecule has 0 saturated carbocycles. The lowest BCUT2D eigenvalue weighted by Crippen LogP contribution is -2.46. The molecule has 3 aliphatic heterocycles. The van der Waals surface area contributed by atoms with E-state index >= 15 is 0 Å². The Hall–Kier alpha value is -2.32. The Labute approximate surface area is 114 Å². The SMILES string of the molecule is O=C1NCCN1C(=O)N1CCC(N2C(=O)CNC2=O)C1. The van der Waals surface area contributed by atoms with E-state index in [2.05, 4.69) is 10.6 Å². The van der Waals surface area contributed by atoms with Gasteiger partial charge in [0.15, 0.2) is 0 Å². The van der Waals surface area contributed by atoms with Crippen LogP contribution in [0.25, 0.3) is 0 Å². The first kappa shape index (κ1) is 12.7. The Morgan fingerprint density at radius 3 is 2.50 bits per heavy atom. The second kappa shape index (κ2) is 4.66. The number of hydrogen-bond acceptors (Lipinski definition) is 4. The summed E-state index contributed by atoms with van der Waals surface area (Å²) in [5, 5.41) is 5.03. The average molecular weight is 281 g/mol. The van der Waals surface area contributed by atoms with Crippen LogP contribution in [0.2, 0.25) is 0 Å². The summed E-state index contributed by atoms with van der Waals surface area (Å²) in [6.07, 6.45) is 0.542. The van der Waals surface area contributed by atoms with Crippen molar-refractivity contribution >= 4 is 24.0 Å². The Balaban J connectivity index is 1.65. The minimum atomic E-state index is -0.409. The summed E-state index contributed by atoms with van der Waals surface area (Å²) < 4.78 is 0. The van der Waals surface area contributed by atoms with Gasteiger partial charge in [-0.15, -0.1) is 0 Å². The van der Waals surface area contributed by atoms with Crippen LogP contribution < -0.4 is 10.6 Å². The Morgan fingerprint density at radius 2 is 1.90 bits per heavy atom. The highest BCUT2D eigenvalue weighted by Crippen LogP contribution is 2.19. The van der Waals surface area contributed by atoms with E-state index in [0.717, 1.165) is 4.90 Å². The molecule has 3 heterocycles. The molecule has 0 bridgehead atoms. The number of imide groups is 2. The van der Waals surface area contributed by atoms with Gasteiger partial charge >= 0.3 is 18.1 Å². The van der Waals surface area contributed by atoms with Gasteiger partial charge in [-0.3, -0.25) is 9.69 Å². The van der Waals surface area contributed by atoms with Crippen molar-refractivity contribution < 1.29 is 19.2 Å². The number of likely N-dealkylation sites (tertiary alicyclic amines) is 1. The third-order valence-electron chi connectivity index (χ3n) is 3.77. The van der Waals surface area contributed by atoms with Crippen LogP contribution in [0, 0.1) is 0 Å². The van der Waals surface area contributed by atoms with E-state index < -0.39 is 12.1 Å². The number of nitrogens with zero attached hydrogens (tertiary/aromatic N) is 3.